The molecular weight excluding hydrogens is 487 g/mol. The van der Waals surface area contributed by atoms with Gasteiger partial charge in [-0.1, -0.05) is 12.1 Å². The molecule has 1 atom stereocenters. The first-order chi connectivity index (χ1) is 13.7. The predicted octanol–water partition coefficient (Wildman–Crippen LogP) is 3.29. The van der Waals surface area contributed by atoms with Crippen LogP contribution in [0.4, 0.5) is 5.69 Å². The van der Waals surface area contributed by atoms with Crippen molar-refractivity contribution in [3.63, 3.8) is 0 Å². The highest BCUT2D eigenvalue weighted by Gasteiger charge is 2.15. The summed E-state index contributed by atoms with van der Waals surface area (Å²) in [5.41, 5.74) is 1.26. The summed E-state index contributed by atoms with van der Waals surface area (Å²) in [5, 5.41) is 17.3. The van der Waals surface area contributed by atoms with Crippen LogP contribution in [0.1, 0.15) is 38.2 Å². The van der Waals surface area contributed by atoms with Gasteiger partial charge in [-0.2, -0.15) is 0 Å². The fourth-order valence-corrected chi connectivity index (χ4v) is 2.94. The van der Waals surface area contributed by atoms with Gasteiger partial charge >= 0.3 is 0 Å². The summed E-state index contributed by atoms with van der Waals surface area (Å²) < 4.78 is 11.0. The molecule has 8 nitrogen and oxygen atoms in total. The van der Waals surface area contributed by atoms with E-state index in [-0.39, 0.29) is 40.7 Å². The van der Waals surface area contributed by atoms with Crippen molar-refractivity contribution in [2.45, 2.75) is 45.1 Å². The Bertz CT molecular complexity index is 607. The molecule has 2 rings (SSSR count). The van der Waals surface area contributed by atoms with Gasteiger partial charge in [0.15, 0.2) is 5.96 Å². The number of nitrogens with one attached hydrogen (secondary N) is 2. The molecule has 1 fully saturated rings. The van der Waals surface area contributed by atoms with Crippen molar-refractivity contribution in [2.75, 3.05) is 39.5 Å². The number of nitro benzene ring substituents is 1. The number of unbranched alkanes of at least 4 members (excludes halogenated alkanes) is 1. The molecule has 2 N–H and O–H groups in total. The lowest BCUT2D eigenvalue weighted by Gasteiger charge is -2.12. The van der Waals surface area contributed by atoms with E-state index in [1.54, 1.807) is 12.1 Å². The van der Waals surface area contributed by atoms with Crippen molar-refractivity contribution in [2.24, 2.45) is 4.99 Å². The van der Waals surface area contributed by atoms with E-state index in [1.165, 1.54) is 0 Å². The second-order valence-electron chi connectivity index (χ2n) is 6.78. The number of aliphatic imine (C=N–C) groups is 1. The molecule has 0 radical (unpaired) electrons. The molecule has 1 aliphatic rings. The monoisotopic (exact) mass is 520 g/mol. The molecule has 0 amide bonds. The fourth-order valence-electron chi connectivity index (χ4n) is 2.94. The Kier molecular flexibility index (Phi) is 13.6. The Hall–Kier alpha value is -1.46. The zero-order valence-corrected chi connectivity index (χ0v) is 19.4. The van der Waals surface area contributed by atoms with Gasteiger partial charge in [0.2, 0.25) is 0 Å². The molecule has 0 bridgehead atoms. The van der Waals surface area contributed by atoms with Gasteiger partial charge in [0.25, 0.3) is 5.69 Å². The third kappa shape index (κ3) is 10.8. The van der Waals surface area contributed by atoms with Crippen LogP contribution >= 0.6 is 24.0 Å². The van der Waals surface area contributed by atoms with Crippen molar-refractivity contribution in [3.8, 4) is 0 Å². The summed E-state index contributed by atoms with van der Waals surface area (Å²) in [6.07, 6.45) is 5.08. The van der Waals surface area contributed by atoms with Crippen LogP contribution in [-0.4, -0.2) is 56.4 Å². The number of non-ortho nitro benzene ring substituents is 1. The van der Waals surface area contributed by atoms with Crippen LogP contribution in [0.2, 0.25) is 0 Å². The van der Waals surface area contributed by atoms with Crippen LogP contribution in [0.3, 0.4) is 0 Å². The van der Waals surface area contributed by atoms with E-state index in [0.29, 0.717) is 13.2 Å². The van der Waals surface area contributed by atoms with E-state index >= 15 is 0 Å². The van der Waals surface area contributed by atoms with E-state index in [9.17, 15) is 10.1 Å². The highest BCUT2D eigenvalue weighted by atomic mass is 127. The summed E-state index contributed by atoms with van der Waals surface area (Å²) in [5.74, 6) is 0.835. The van der Waals surface area contributed by atoms with Gasteiger partial charge in [0.1, 0.15) is 0 Å². The molecule has 0 aliphatic carbocycles. The Balaban J connectivity index is 0.00000420. The zero-order chi connectivity index (χ0) is 20.0. The SMILES string of the molecule is CCNC(=NCCCOC1CCOC1)NCCCCc1ccc([N+](=O)[O-])cc1.I. The molecule has 1 unspecified atom stereocenters. The Morgan fingerprint density at radius 3 is 2.72 bits per heavy atom. The number of rotatable bonds is 12. The molecule has 0 spiro atoms. The van der Waals surface area contributed by atoms with Crippen LogP contribution in [0.15, 0.2) is 29.3 Å². The van der Waals surface area contributed by atoms with E-state index in [4.69, 9.17) is 9.47 Å². The lowest BCUT2D eigenvalue weighted by molar-refractivity contribution is -0.384. The molecule has 9 heteroatoms. The Morgan fingerprint density at radius 1 is 1.28 bits per heavy atom. The first-order valence-corrected chi connectivity index (χ1v) is 10.1. The van der Waals surface area contributed by atoms with Crippen molar-refractivity contribution >= 4 is 35.6 Å². The van der Waals surface area contributed by atoms with Gasteiger partial charge in [-0.05, 0) is 44.6 Å². The Labute approximate surface area is 190 Å². The van der Waals surface area contributed by atoms with Crippen LogP contribution in [0.25, 0.3) is 0 Å². The fraction of sp³-hybridized carbons (Fsp3) is 0.650. The topological polar surface area (TPSA) is 98.0 Å². The van der Waals surface area contributed by atoms with Crippen LogP contribution in [0.5, 0.6) is 0 Å². The van der Waals surface area contributed by atoms with E-state index in [0.717, 1.165) is 69.9 Å². The average Bonchev–Trinajstić information content (AvgIpc) is 3.21. The normalized spacial score (nSPS) is 16.3. The minimum absolute atomic E-state index is 0. The van der Waals surface area contributed by atoms with Crippen LogP contribution in [-0.2, 0) is 15.9 Å². The molecule has 1 saturated heterocycles. The molecule has 1 aromatic rings. The molecule has 1 aliphatic heterocycles. The van der Waals surface area contributed by atoms with Gasteiger partial charge in [-0.15, -0.1) is 24.0 Å². The number of guanidine groups is 1. The smallest absolute Gasteiger partial charge is 0.269 e. The first kappa shape index (κ1) is 25.6. The molecular formula is C20H33IN4O4. The molecule has 0 saturated carbocycles. The summed E-state index contributed by atoms with van der Waals surface area (Å²) in [7, 11) is 0. The van der Waals surface area contributed by atoms with Crippen molar-refractivity contribution < 1.29 is 14.4 Å². The molecule has 29 heavy (non-hydrogen) atoms. The zero-order valence-electron chi connectivity index (χ0n) is 17.1. The molecule has 1 heterocycles. The lowest BCUT2D eigenvalue weighted by atomic mass is 10.1. The van der Waals surface area contributed by atoms with E-state index in [2.05, 4.69) is 22.5 Å². The molecule has 164 valence electrons. The van der Waals surface area contributed by atoms with Crippen molar-refractivity contribution in [3.05, 3.63) is 39.9 Å². The summed E-state index contributed by atoms with van der Waals surface area (Å²) in [4.78, 5) is 14.9. The first-order valence-electron chi connectivity index (χ1n) is 10.1. The predicted molar refractivity (Wildman–Crippen MR) is 125 cm³/mol. The second kappa shape index (κ2) is 15.4. The maximum Gasteiger partial charge on any atom is 0.269 e. The van der Waals surface area contributed by atoms with Crippen molar-refractivity contribution in [1.82, 2.24) is 10.6 Å². The summed E-state index contributed by atoms with van der Waals surface area (Å²) in [6, 6.07) is 6.79. The Morgan fingerprint density at radius 2 is 2.07 bits per heavy atom. The van der Waals surface area contributed by atoms with Gasteiger partial charge in [-0.25, -0.2) is 0 Å². The number of hydrogen-bond acceptors (Lipinski definition) is 5. The van der Waals surface area contributed by atoms with E-state index < -0.39 is 0 Å². The number of halogens is 1. The number of benzene rings is 1. The number of nitro groups is 1. The van der Waals surface area contributed by atoms with Gasteiger partial charge in [-0.3, -0.25) is 15.1 Å². The van der Waals surface area contributed by atoms with Crippen LogP contribution < -0.4 is 10.6 Å². The van der Waals surface area contributed by atoms with Gasteiger partial charge in [0, 0.05) is 45.0 Å². The maximum atomic E-state index is 10.7. The van der Waals surface area contributed by atoms with Gasteiger partial charge < -0.3 is 20.1 Å². The minimum atomic E-state index is -0.370. The third-order valence-electron chi connectivity index (χ3n) is 4.49. The standard InChI is InChI=1S/C20H32N4O4.HI/c1-2-21-20(23-13-5-14-28-19-11-15-27-16-19)22-12-4-3-6-17-7-9-18(10-8-17)24(25)26;/h7-10,19H,2-6,11-16H2,1H3,(H2,21,22,23);1H. The van der Waals surface area contributed by atoms with Crippen molar-refractivity contribution in [1.29, 1.82) is 0 Å². The molecule has 1 aromatic carbocycles. The largest absolute Gasteiger partial charge is 0.379 e. The highest BCUT2D eigenvalue weighted by Crippen LogP contribution is 2.13. The van der Waals surface area contributed by atoms with E-state index in [1.807, 2.05) is 12.1 Å². The van der Waals surface area contributed by atoms with Crippen LogP contribution in [0, 0.1) is 10.1 Å². The minimum Gasteiger partial charge on any atom is -0.379 e. The summed E-state index contributed by atoms with van der Waals surface area (Å²) in [6.45, 7) is 6.68. The number of hydrogen-bond donors (Lipinski definition) is 2. The average molecular weight is 520 g/mol. The number of ether oxygens (including phenoxy) is 2. The summed E-state index contributed by atoms with van der Waals surface area (Å²) >= 11 is 0. The highest BCUT2D eigenvalue weighted by molar-refractivity contribution is 14.0. The number of nitrogens with zero attached hydrogens (tertiary/aromatic N) is 2. The number of aryl methyl sites for hydroxylation is 1. The third-order valence-corrected chi connectivity index (χ3v) is 4.49. The second-order valence-corrected chi connectivity index (χ2v) is 6.78. The van der Waals surface area contributed by atoms with Gasteiger partial charge in [0.05, 0.1) is 17.6 Å². The lowest BCUT2D eigenvalue weighted by Crippen LogP contribution is -2.38. The molecule has 0 aromatic heterocycles. The maximum absolute atomic E-state index is 10.7. The quantitative estimate of drug-likeness (QED) is 0.110.